The number of esters is 1. The highest BCUT2D eigenvalue weighted by molar-refractivity contribution is 6.30. The van der Waals surface area contributed by atoms with Crippen molar-refractivity contribution >= 4 is 46.4 Å². The quantitative estimate of drug-likeness (QED) is 0.204. The number of hydrogen-bond donors (Lipinski definition) is 4. The van der Waals surface area contributed by atoms with Crippen molar-refractivity contribution in [2.45, 2.75) is 76.4 Å². The third-order valence-corrected chi connectivity index (χ3v) is 9.99. The number of halogens is 2. The van der Waals surface area contributed by atoms with Gasteiger partial charge in [-0.15, -0.1) is 0 Å². The van der Waals surface area contributed by atoms with Gasteiger partial charge in [-0.05, 0) is 49.6 Å². The predicted molar refractivity (Wildman–Crippen MR) is 188 cm³/mol. The average Bonchev–Trinajstić information content (AvgIpc) is 3.52. The summed E-state index contributed by atoms with van der Waals surface area (Å²) in [6.45, 7) is 10.8. The molecule has 13 nitrogen and oxygen atoms in total. The van der Waals surface area contributed by atoms with E-state index in [0.717, 1.165) is 5.56 Å². The number of furan rings is 1. The minimum Gasteiger partial charge on any atom is -0.481 e. The molecule has 2 fully saturated rings. The monoisotopic (exact) mass is 738 g/mol. The highest BCUT2D eigenvalue weighted by atomic mass is 35.5. The van der Waals surface area contributed by atoms with Crippen LogP contribution in [0.4, 0.5) is 10.2 Å². The van der Waals surface area contributed by atoms with Crippen molar-refractivity contribution in [3.05, 3.63) is 76.4 Å². The summed E-state index contributed by atoms with van der Waals surface area (Å²) in [5.41, 5.74) is 1.49. The molecule has 1 aliphatic heterocycles. The van der Waals surface area contributed by atoms with E-state index in [9.17, 15) is 39.2 Å². The van der Waals surface area contributed by atoms with Crippen LogP contribution in [0.2, 0.25) is 5.02 Å². The Bertz CT molecular complexity index is 2050. The summed E-state index contributed by atoms with van der Waals surface area (Å²) < 4.78 is 25.9. The number of anilines is 1. The molecular weight excluding hydrogens is 699 g/mol. The van der Waals surface area contributed by atoms with E-state index in [4.69, 9.17) is 25.7 Å². The molecule has 0 radical (unpaired) electrons. The number of carbonyl (C=O) groups excluding carboxylic acids is 2. The molecule has 0 bridgehead atoms. The number of rotatable bonds is 6. The number of aliphatic hydroxyl groups excluding tert-OH is 3. The number of amides is 1. The van der Waals surface area contributed by atoms with E-state index in [1.807, 2.05) is 45.6 Å². The van der Waals surface area contributed by atoms with Crippen LogP contribution in [0.1, 0.15) is 67.6 Å². The largest absolute Gasteiger partial charge is 0.481 e. The lowest BCUT2D eigenvalue weighted by molar-refractivity contribution is -0.178. The minimum absolute atomic E-state index is 0.00200. The molecule has 52 heavy (non-hydrogen) atoms. The lowest BCUT2D eigenvalue weighted by Gasteiger charge is -2.47. The van der Waals surface area contributed by atoms with Crippen molar-refractivity contribution in [3.63, 3.8) is 0 Å². The summed E-state index contributed by atoms with van der Waals surface area (Å²) in [6.07, 6.45) is -7.01. The molecule has 2 aliphatic rings. The van der Waals surface area contributed by atoms with Gasteiger partial charge in [0.15, 0.2) is 17.0 Å². The number of pyridine rings is 2. The Morgan fingerprint density at radius 2 is 1.73 bits per heavy atom. The Morgan fingerprint density at radius 3 is 2.38 bits per heavy atom. The first-order valence-electron chi connectivity index (χ1n) is 16.8. The predicted octanol–water partition coefficient (Wildman–Crippen LogP) is 4.43. The Kier molecular flexibility index (Phi) is 9.81. The molecule has 1 aliphatic carbocycles. The fraction of sp³-hybridized carbons (Fsp3) is 0.432. The van der Waals surface area contributed by atoms with Gasteiger partial charge in [0, 0.05) is 43.2 Å². The first-order valence-corrected chi connectivity index (χ1v) is 17.2. The zero-order valence-electron chi connectivity index (χ0n) is 29.2. The summed E-state index contributed by atoms with van der Waals surface area (Å²) in [5.74, 6) is -4.16. The molecule has 4 N–H and O–H groups in total. The Balaban J connectivity index is 1.20. The van der Waals surface area contributed by atoms with E-state index in [0.29, 0.717) is 41.3 Å². The van der Waals surface area contributed by atoms with Gasteiger partial charge in [0.05, 0.1) is 28.3 Å². The van der Waals surface area contributed by atoms with E-state index in [1.54, 1.807) is 29.2 Å². The molecule has 1 saturated heterocycles. The number of nitrogens with zero attached hydrogens (tertiary/aromatic N) is 4. The van der Waals surface area contributed by atoms with Gasteiger partial charge >= 0.3 is 11.9 Å². The van der Waals surface area contributed by atoms with E-state index < -0.39 is 65.5 Å². The van der Waals surface area contributed by atoms with Crippen molar-refractivity contribution in [3.8, 4) is 11.3 Å². The number of benzene rings is 1. The van der Waals surface area contributed by atoms with Crippen LogP contribution in [-0.4, -0.2) is 103 Å². The summed E-state index contributed by atoms with van der Waals surface area (Å²) in [4.78, 5) is 51.5. The van der Waals surface area contributed by atoms with Crippen LogP contribution in [0.15, 0.2) is 52.9 Å². The van der Waals surface area contributed by atoms with E-state index in [-0.39, 0.29) is 28.9 Å². The van der Waals surface area contributed by atoms with Gasteiger partial charge in [-0.25, -0.2) is 19.2 Å². The zero-order valence-corrected chi connectivity index (χ0v) is 30.0. The maximum absolute atomic E-state index is 14.4. The van der Waals surface area contributed by atoms with Gasteiger partial charge < -0.3 is 39.4 Å². The standard InChI is InChI=1S/C37H40ClFN4O9/c1-36(2,3)20-15-24(18-9-10-21(38)22(39)13-18)40-25-16-27(51-32(20)25)33(47)43-12-11-42(17-37(43,4)5)28-8-6-7-23(41-28)35(50)52-26-14-19(34(48)49)29(44)31(46)30(26)45/h6-10,13,15-16,19,26,29-31,44-46H,11-12,14,17H2,1-5H3,(H,48,49)/t19?,26-,29?,30+,31?/m1/s1. The number of hydrogen-bond acceptors (Lipinski definition) is 11. The number of carboxylic acids is 1. The van der Waals surface area contributed by atoms with Gasteiger partial charge in [-0.3, -0.25) is 9.59 Å². The molecule has 3 unspecified atom stereocenters. The first-order chi connectivity index (χ1) is 24.4. The van der Waals surface area contributed by atoms with Crippen LogP contribution in [0, 0.1) is 11.7 Å². The van der Waals surface area contributed by atoms with Gasteiger partial charge in [0.1, 0.15) is 35.5 Å². The van der Waals surface area contributed by atoms with Crippen LogP contribution in [0.3, 0.4) is 0 Å². The molecule has 276 valence electrons. The summed E-state index contributed by atoms with van der Waals surface area (Å²) in [6, 6.07) is 12.6. The lowest BCUT2D eigenvalue weighted by Crippen LogP contribution is -2.61. The molecule has 15 heteroatoms. The van der Waals surface area contributed by atoms with Gasteiger partial charge in [-0.2, -0.15) is 0 Å². The Morgan fingerprint density at radius 1 is 1.00 bits per heavy atom. The van der Waals surface area contributed by atoms with Crippen LogP contribution in [0.25, 0.3) is 22.4 Å². The molecule has 1 aromatic carbocycles. The van der Waals surface area contributed by atoms with Crippen LogP contribution < -0.4 is 4.90 Å². The Labute approximate surface area is 303 Å². The highest BCUT2D eigenvalue weighted by Gasteiger charge is 2.47. The minimum atomic E-state index is -1.82. The molecule has 6 rings (SSSR count). The van der Waals surface area contributed by atoms with Crippen molar-refractivity contribution in [1.29, 1.82) is 0 Å². The van der Waals surface area contributed by atoms with Crippen molar-refractivity contribution < 1.29 is 48.4 Å². The summed E-state index contributed by atoms with van der Waals surface area (Å²) >= 11 is 5.91. The van der Waals surface area contributed by atoms with Crippen LogP contribution in [0.5, 0.6) is 0 Å². The van der Waals surface area contributed by atoms with E-state index >= 15 is 0 Å². The van der Waals surface area contributed by atoms with Crippen LogP contribution >= 0.6 is 11.6 Å². The van der Waals surface area contributed by atoms with E-state index in [1.165, 1.54) is 18.2 Å². The molecule has 1 saturated carbocycles. The maximum atomic E-state index is 14.4. The molecule has 5 atom stereocenters. The van der Waals surface area contributed by atoms with Crippen molar-refractivity contribution in [2.75, 3.05) is 24.5 Å². The summed E-state index contributed by atoms with van der Waals surface area (Å²) in [7, 11) is 0. The fourth-order valence-electron chi connectivity index (χ4n) is 6.81. The average molecular weight is 739 g/mol. The number of ether oxygens (including phenoxy) is 1. The van der Waals surface area contributed by atoms with Gasteiger partial charge in [0.25, 0.3) is 5.91 Å². The SMILES string of the molecule is CC(C)(C)c1cc(-c2ccc(Cl)c(F)c2)nc2cc(C(=O)N3CCN(c4cccc(C(=O)O[C@@H]5CC(C(=O)O)C(O)C(O)[C@H]5O)n4)CC3(C)C)oc12. The third-order valence-electron chi connectivity index (χ3n) is 9.68. The molecule has 3 aromatic heterocycles. The van der Waals surface area contributed by atoms with Crippen molar-refractivity contribution in [2.24, 2.45) is 5.92 Å². The molecule has 0 spiro atoms. The molecular formula is C37H40ClFN4O9. The first kappa shape index (κ1) is 37.1. The molecule has 4 aromatic rings. The number of piperazine rings is 1. The molecule has 1 amide bonds. The maximum Gasteiger partial charge on any atom is 0.357 e. The lowest BCUT2D eigenvalue weighted by atomic mass is 9.81. The number of aromatic nitrogens is 2. The summed E-state index contributed by atoms with van der Waals surface area (Å²) in [5, 5.41) is 39.9. The second-order valence-electron chi connectivity index (χ2n) is 14.9. The smallest absolute Gasteiger partial charge is 0.357 e. The number of carboxylic acid groups (broad SMARTS) is 1. The van der Waals surface area contributed by atoms with Gasteiger partial charge in [-0.1, -0.05) is 44.5 Å². The highest BCUT2D eigenvalue weighted by Crippen LogP contribution is 2.37. The molecule has 4 heterocycles. The van der Waals surface area contributed by atoms with Crippen molar-refractivity contribution in [1.82, 2.24) is 14.9 Å². The second-order valence-corrected chi connectivity index (χ2v) is 15.3. The fourth-order valence-corrected chi connectivity index (χ4v) is 6.93. The third kappa shape index (κ3) is 7.07. The number of carbonyl (C=O) groups is 3. The van der Waals surface area contributed by atoms with E-state index in [2.05, 4.69) is 4.98 Å². The van der Waals surface area contributed by atoms with Gasteiger partial charge in [0.2, 0.25) is 0 Å². The number of aliphatic carboxylic acids is 1. The van der Waals surface area contributed by atoms with Crippen LogP contribution in [-0.2, 0) is 14.9 Å². The zero-order chi connectivity index (χ0) is 37.9. The topological polar surface area (TPSA) is 187 Å². The number of fused-ring (bicyclic) bond motifs is 1. The number of aliphatic hydroxyl groups is 3. The second kappa shape index (κ2) is 13.7. The Hall–Kier alpha value is -4.63. The normalized spacial score (nSPS) is 23.5.